The van der Waals surface area contributed by atoms with Crippen LogP contribution in [0.2, 0.25) is 0 Å². The van der Waals surface area contributed by atoms with E-state index in [-0.39, 0.29) is 21.7 Å². The third-order valence-electron chi connectivity index (χ3n) is 8.53. The topological polar surface area (TPSA) is 23.8 Å². The van der Waals surface area contributed by atoms with Crippen molar-refractivity contribution in [3.05, 3.63) is 96.1 Å². The molecule has 31 heavy (non-hydrogen) atoms. The summed E-state index contributed by atoms with van der Waals surface area (Å²) in [7, 11) is 0. The summed E-state index contributed by atoms with van der Waals surface area (Å²) >= 11 is 0. The van der Waals surface area contributed by atoms with Gasteiger partial charge in [0.25, 0.3) is 0 Å². The zero-order chi connectivity index (χ0) is 21.6. The monoisotopic (exact) mass is 407 g/mol. The molecule has 2 bridgehead atoms. The van der Waals surface area contributed by atoms with Crippen molar-refractivity contribution < 1.29 is 0 Å². The molecular weight excluding hydrogens is 374 g/mol. The molecule has 0 aromatic heterocycles. The van der Waals surface area contributed by atoms with Gasteiger partial charge in [-0.1, -0.05) is 91.9 Å². The second-order valence-electron chi connectivity index (χ2n) is 11.1. The van der Waals surface area contributed by atoms with E-state index in [0.29, 0.717) is 5.92 Å². The van der Waals surface area contributed by atoms with E-state index in [1.807, 2.05) is 0 Å². The third kappa shape index (κ3) is 3.38. The van der Waals surface area contributed by atoms with E-state index in [1.54, 1.807) is 0 Å². The van der Waals surface area contributed by atoms with Crippen molar-refractivity contribution in [2.45, 2.75) is 63.2 Å². The summed E-state index contributed by atoms with van der Waals surface area (Å²) < 4.78 is 0. The smallest absolute Gasteiger partial charge is 0.0687 e. The van der Waals surface area contributed by atoms with Gasteiger partial charge in [-0.15, -0.1) is 0 Å². The summed E-state index contributed by atoms with van der Waals surface area (Å²) in [4.78, 5) is 0. The Morgan fingerprint density at radius 1 is 0.774 bits per heavy atom. The van der Waals surface area contributed by atoms with Crippen molar-refractivity contribution in [3.63, 3.8) is 0 Å². The number of benzene rings is 2. The fourth-order valence-electron chi connectivity index (χ4n) is 7.87. The lowest BCUT2D eigenvalue weighted by atomic mass is 9.39. The highest BCUT2D eigenvalue weighted by Gasteiger charge is 2.62. The molecule has 5 rings (SSSR count). The molecule has 0 radical (unpaired) electrons. The summed E-state index contributed by atoms with van der Waals surface area (Å²) in [6.07, 6.45) is 15.7. The molecule has 2 aromatic rings. The van der Waals surface area contributed by atoms with Crippen LogP contribution in [0.4, 0.5) is 0 Å². The van der Waals surface area contributed by atoms with Crippen LogP contribution in [-0.4, -0.2) is 0 Å². The van der Waals surface area contributed by atoms with Crippen molar-refractivity contribution in [1.29, 1.82) is 5.26 Å². The van der Waals surface area contributed by atoms with Gasteiger partial charge in [0, 0.05) is 0 Å². The van der Waals surface area contributed by atoms with Gasteiger partial charge in [0.05, 0.1) is 11.5 Å². The van der Waals surface area contributed by atoms with Crippen LogP contribution in [0.3, 0.4) is 0 Å². The Morgan fingerprint density at radius 2 is 1.45 bits per heavy atom. The van der Waals surface area contributed by atoms with Crippen LogP contribution in [0.1, 0.15) is 63.5 Å². The first kappa shape index (κ1) is 20.3. The Balaban J connectivity index is 1.72. The highest BCUT2D eigenvalue weighted by atomic mass is 14.7. The van der Waals surface area contributed by atoms with Crippen molar-refractivity contribution >= 4 is 0 Å². The van der Waals surface area contributed by atoms with Crippen LogP contribution in [0, 0.1) is 28.1 Å². The average molecular weight is 408 g/mol. The molecule has 0 N–H and O–H groups in total. The van der Waals surface area contributed by atoms with Crippen molar-refractivity contribution in [1.82, 2.24) is 0 Å². The largest absolute Gasteiger partial charge is 0.198 e. The SMILES string of the molecule is CC1(C#N)CC2(c3ccccc3)CC(C)(c3ccccc3)CC(C3C=CC=CC3)(C1)C2. The van der Waals surface area contributed by atoms with Crippen LogP contribution >= 0.6 is 0 Å². The molecule has 0 spiro atoms. The van der Waals surface area contributed by atoms with Gasteiger partial charge in [-0.05, 0) is 78.7 Å². The van der Waals surface area contributed by atoms with Crippen LogP contribution < -0.4 is 0 Å². The molecule has 0 heterocycles. The summed E-state index contributed by atoms with van der Waals surface area (Å²) in [5.41, 5.74) is 2.85. The summed E-state index contributed by atoms with van der Waals surface area (Å²) in [6, 6.07) is 25.1. The maximum atomic E-state index is 10.3. The number of rotatable bonds is 3. The predicted molar refractivity (Wildman–Crippen MR) is 128 cm³/mol. The zero-order valence-electron chi connectivity index (χ0n) is 18.9. The molecule has 2 fully saturated rings. The molecule has 3 aliphatic carbocycles. The number of hydrogen-bond acceptors (Lipinski definition) is 1. The number of allylic oxidation sites excluding steroid dienone is 4. The molecule has 0 saturated heterocycles. The Hall–Kier alpha value is -2.59. The Kier molecular flexibility index (Phi) is 4.74. The van der Waals surface area contributed by atoms with E-state index in [0.717, 1.165) is 32.1 Å². The van der Waals surface area contributed by atoms with Gasteiger partial charge in [0.1, 0.15) is 0 Å². The minimum atomic E-state index is -0.291. The second-order valence-corrected chi connectivity index (χ2v) is 11.1. The number of hydrogen-bond donors (Lipinski definition) is 0. The number of fused-ring (bicyclic) bond motifs is 2. The molecule has 5 atom stereocenters. The van der Waals surface area contributed by atoms with E-state index in [4.69, 9.17) is 0 Å². The maximum absolute atomic E-state index is 10.3. The first-order valence-electron chi connectivity index (χ1n) is 11.8. The molecule has 158 valence electrons. The van der Waals surface area contributed by atoms with Crippen LogP contribution in [0.25, 0.3) is 0 Å². The summed E-state index contributed by atoms with van der Waals surface area (Å²) in [5.74, 6) is 0.497. The van der Waals surface area contributed by atoms with Gasteiger partial charge >= 0.3 is 0 Å². The minimum Gasteiger partial charge on any atom is -0.198 e. The maximum Gasteiger partial charge on any atom is 0.0687 e. The quantitative estimate of drug-likeness (QED) is 0.516. The predicted octanol–water partition coefficient (Wildman–Crippen LogP) is 7.51. The Bertz CT molecular complexity index is 1040. The molecule has 0 aliphatic heterocycles. The van der Waals surface area contributed by atoms with Crippen LogP contribution in [0.15, 0.2) is 85.0 Å². The van der Waals surface area contributed by atoms with Crippen molar-refractivity contribution in [3.8, 4) is 6.07 Å². The average Bonchev–Trinajstić information content (AvgIpc) is 2.80. The molecule has 3 aliphatic rings. The fraction of sp³-hybridized carbons (Fsp3) is 0.433. The second kappa shape index (κ2) is 7.23. The molecular formula is C30H33N. The Labute approximate surface area is 187 Å². The van der Waals surface area contributed by atoms with E-state index >= 15 is 0 Å². The standard InChI is InChI=1S/C30H33N/c1-27(23-31)18-29(25-14-8-4-9-15-25)20-28(2,24-12-6-3-7-13-24)21-30(19-27,22-29)26-16-10-5-11-17-26/h3-16,26H,17-22H2,1-2H3. The van der Waals surface area contributed by atoms with E-state index < -0.39 is 0 Å². The van der Waals surface area contributed by atoms with E-state index in [1.165, 1.54) is 17.5 Å². The normalized spacial score (nSPS) is 39.1. The van der Waals surface area contributed by atoms with Crippen molar-refractivity contribution in [2.24, 2.45) is 16.7 Å². The summed E-state index contributed by atoms with van der Waals surface area (Å²) in [6.45, 7) is 4.72. The van der Waals surface area contributed by atoms with Gasteiger partial charge < -0.3 is 0 Å². The van der Waals surface area contributed by atoms with Crippen molar-refractivity contribution in [2.75, 3.05) is 0 Å². The van der Waals surface area contributed by atoms with E-state index in [9.17, 15) is 5.26 Å². The van der Waals surface area contributed by atoms with E-state index in [2.05, 4.69) is 105 Å². The first-order chi connectivity index (χ1) is 14.9. The van der Waals surface area contributed by atoms with Crippen LogP contribution in [0.5, 0.6) is 0 Å². The third-order valence-corrected chi connectivity index (χ3v) is 8.53. The lowest BCUT2D eigenvalue weighted by Crippen LogP contribution is -2.58. The fourth-order valence-corrected chi connectivity index (χ4v) is 7.87. The van der Waals surface area contributed by atoms with Gasteiger partial charge in [-0.25, -0.2) is 0 Å². The molecule has 1 nitrogen and oxygen atoms in total. The molecule has 1 heteroatoms. The number of nitrogens with zero attached hydrogens (tertiary/aromatic N) is 1. The number of nitriles is 1. The lowest BCUT2D eigenvalue weighted by molar-refractivity contribution is -0.0651. The summed E-state index contributed by atoms with van der Waals surface area (Å²) in [5, 5.41) is 10.3. The zero-order valence-corrected chi connectivity index (χ0v) is 18.9. The molecule has 5 unspecified atom stereocenters. The molecule has 2 saturated carbocycles. The molecule has 0 amide bonds. The van der Waals surface area contributed by atoms with Crippen LogP contribution in [-0.2, 0) is 10.8 Å². The van der Waals surface area contributed by atoms with Gasteiger partial charge in [0.2, 0.25) is 0 Å². The Morgan fingerprint density at radius 3 is 2.06 bits per heavy atom. The lowest BCUT2D eigenvalue weighted by Gasteiger charge is -2.64. The first-order valence-corrected chi connectivity index (χ1v) is 11.8. The van der Waals surface area contributed by atoms with Gasteiger partial charge in [0.15, 0.2) is 0 Å². The molecule has 2 aromatic carbocycles. The van der Waals surface area contributed by atoms with Gasteiger partial charge in [-0.3, -0.25) is 0 Å². The highest BCUT2D eigenvalue weighted by molar-refractivity contribution is 5.38. The van der Waals surface area contributed by atoms with Gasteiger partial charge in [-0.2, -0.15) is 5.26 Å². The minimum absolute atomic E-state index is 0.0296. The highest BCUT2D eigenvalue weighted by Crippen LogP contribution is 2.69.